The molecule has 18 heavy (non-hydrogen) atoms. The van der Waals surface area contributed by atoms with Crippen molar-refractivity contribution in [1.29, 1.82) is 0 Å². The Morgan fingerprint density at radius 3 is 2.89 bits per heavy atom. The number of amides is 1. The van der Waals surface area contributed by atoms with Crippen LogP contribution in [0.4, 0.5) is 0 Å². The van der Waals surface area contributed by atoms with E-state index >= 15 is 0 Å². The number of aryl methyl sites for hydroxylation is 1. The van der Waals surface area contributed by atoms with Gasteiger partial charge in [0.1, 0.15) is 5.15 Å². The number of aliphatic hydroxyl groups excluding tert-OH is 1. The smallest absolute Gasteiger partial charge is 0.254 e. The van der Waals surface area contributed by atoms with Crippen molar-refractivity contribution in [3.05, 3.63) is 28.5 Å². The number of carbonyl (C=O) groups is 1. The number of aromatic nitrogens is 1. The summed E-state index contributed by atoms with van der Waals surface area (Å²) in [6.07, 6.45) is 1.79. The average Bonchev–Trinajstić information content (AvgIpc) is 2.27. The maximum absolute atomic E-state index is 12.2. The predicted octanol–water partition coefficient (Wildman–Crippen LogP) is 1.75. The van der Waals surface area contributed by atoms with Crippen LogP contribution in [0.3, 0.4) is 0 Å². The van der Waals surface area contributed by atoms with Crippen molar-refractivity contribution in [2.24, 2.45) is 5.92 Å². The van der Waals surface area contributed by atoms with Gasteiger partial charge in [0.2, 0.25) is 0 Å². The summed E-state index contributed by atoms with van der Waals surface area (Å²) < 4.78 is 0. The summed E-state index contributed by atoms with van der Waals surface area (Å²) >= 11 is 5.93. The monoisotopic (exact) mass is 268 g/mol. The molecule has 1 saturated heterocycles. The molecule has 0 saturated carbocycles. The average molecular weight is 269 g/mol. The lowest BCUT2D eigenvalue weighted by Gasteiger charge is -2.38. The van der Waals surface area contributed by atoms with Gasteiger partial charge in [0.15, 0.2) is 0 Å². The molecule has 0 bridgehead atoms. The second-order valence-electron chi connectivity index (χ2n) is 4.68. The first kappa shape index (κ1) is 13.3. The number of hydrogen-bond acceptors (Lipinski definition) is 3. The van der Waals surface area contributed by atoms with Gasteiger partial charge in [0, 0.05) is 36.9 Å². The summed E-state index contributed by atoms with van der Waals surface area (Å²) in [6, 6.07) is 3.42. The zero-order valence-corrected chi connectivity index (χ0v) is 11.2. The highest BCUT2D eigenvalue weighted by molar-refractivity contribution is 6.29. The lowest BCUT2D eigenvalue weighted by molar-refractivity contribution is 0.0362. The van der Waals surface area contributed by atoms with Gasteiger partial charge in [-0.25, -0.2) is 4.98 Å². The Bertz CT molecular complexity index is 445. The highest BCUT2D eigenvalue weighted by Gasteiger charge is 2.30. The lowest BCUT2D eigenvalue weighted by Crippen LogP contribution is -2.51. The molecule has 1 amide bonds. The van der Waals surface area contributed by atoms with Crippen LogP contribution in [0.25, 0.3) is 0 Å². The molecule has 0 aromatic carbocycles. The SMILES string of the molecule is CCCc1cc(C(=O)N2CC(CO)C2)cc(Cl)n1. The van der Waals surface area contributed by atoms with Crippen LogP contribution in [0.2, 0.25) is 5.15 Å². The largest absolute Gasteiger partial charge is 0.396 e. The summed E-state index contributed by atoms with van der Waals surface area (Å²) in [5.74, 6) is 0.197. The summed E-state index contributed by atoms with van der Waals surface area (Å²) in [4.78, 5) is 18.1. The van der Waals surface area contributed by atoms with Crippen LogP contribution in [0, 0.1) is 5.92 Å². The molecule has 1 aliphatic rings. The van der Waals surface area contributed by atoms with E-state index in [0.717, 1.165) is 18.5 Å². The van der Waals surface area contributed by atoms with Crippen molar-refractivity contribution in [3.63, 3.8) is 0 Å². The fourth-order valence-electron chi connectivity index (χ4n) is 2.09. The molecular formula is C13H17ClN2O2. The Hall–Kier alpha value is -1.13. The summed E-state index contributed by atoms with van der Waals surface area (Å²) in [6.45, 7) is 3.45. The van der Waals surface area contributed by atoms with Crippen LogP contribution in [0.5, 0.6) is 0 Å². The number of rotatable bonds is 4. The Morgan fingerprint density at radius 2 is 2.28 bits per heavy atom. The van der Waals surface area contributed by atoms with Gasteiger partial charge in [-0.15, -0.1) is 0 Å². The molecule has 98 valence electrons. The van der Waals surface area contributed by atoms with Gasteiger partial charge in [-0.1, -0.05) is 24.9 Å². The normalized spacial score (nSPS) is 15.6. The Labute approximate surface area is 112 Å². The van der Waals surface area contributed by atoms with Crippen LogP contribution in [-0.2, 0) is 6.42 Å². The predicted molar refractivity (Wildman–Crippen MR) is 69.7 cm³/mol. The lowest BCUT2D eigenvalue weighted by atomic mass is 10.00. The Kier molecular flexibility index (Phi) is 4.19. The van der Waals surface area contributed by atoms with Crippen LogP contribution < -0.4 is 0 Å². The first-order chi connectivity index (χ1) is 8.63. The fourth-order valence-corrected chi connectivity index (χ4v) is 2.32. The van der Waals surface area contributed by atoms with Crippen molar-refractivity contribution in [2.75, 3.05) is 19.7 Å². The van der Waals surface area contributed by atoms with Crippen molar-refractivity contribution in [2.45, 2.75) is 19.8 Å². The number of likely N-dealkylation sites (tertiary alicyclic amines) is 1. The van der Waals surface area contributed by atoms with E-state index in [1.54, 1.807) is 11.0 Å². The zero-order valence-electron chi connectivity index (χ0n) is 10.4. The number of aliphatic hydroxyl groups is 1. The third-order valence-electron chi connectivity index (χ3n) is 3.10. The van der Waals surface area contributed by atoms with Crippen molar-refractivity contribution < 1.29 is 9.90 Å². The van der Waals surface area contributed by atoms with Crippen LogP contribution >= 0.6 is 11.6 Å². The van der Waals surface area contributed by atoms with Gasteiger partial charge < -0.3 is 10.0 Å². The molecular weight excluding hydrogens is 252 g/mol. The minimum absolute atomic E-state index is 0.0265. The molecule has 2 heterocycles. The number of halogens is 1. The molecule has 0 spiro atoms. The fraction of sp³-hybridized carbons (Fsp3) is 0.538. The molecule has 1 aromatic rings. The highest BCUT2D eigenvalue weighted by Crippen LogP contribution is 2.20. The Morgan fingerprint density at radius 1 is 1.56 bits per heavy atom. The summed E-state index contributed by atoms with van der Waals surface area (Å²) in [5.41, 5.74) is 1.45. The number of nitrogens with zero attached hydrogens (tertiary/aromatic N) is 2. The standard InChI is InChI=1S/C13H17ClN2O2/c1-2-3-11-4-10(5-12(14)15-11)13(18)16-6-9(7-16)8-17/h4-5,9,17H,2-3,6-8H2,1H3. The second kappa shape index (κ2) is 5.67. The van der Waals surface area contributed by atoms with E-state index in [2.05, 4.69) is 11.9 Å². The van der Waals surface area contributed by atoms with Gasteiger partial charge >= 0.3 is 0 Å². The van der Waals surface area contributed by atoms with E-state index in [1.807, 2.05) is 6.07 Å². The first-order valence-corrected chi connectivity index (χ1v) is 6.58. The molecule has 4 nitrogen and oxygen atoms in total. The quantitative estimate of drug-likeness (QED) is 0.847. The summed E-state index contributed by atoms with van der Waals surface area (Å²) in [7, 11) is 0. The molecule has 0 atom stereocenters. The van der Waals surface area contributed by atoms with E-state index in [9.17, 15) is 4.79 Å². The maximum atomic E-state index is 12.2. The van der Waals surface area contributed by atoms with E-state index in [0.29, 0.717) is 23.8 Å². The van der Waals surface area contributed by atoms with Crippen LogP contribution in [0.1, 0.15) is 29.4 Å². The minimum atomic E-state index is -0.0265. The van der Waals surface area contributed by atoms with Crippen molar-refractivity contribution in [1.82, 2.24) is 9.88 Å². The molecule has 1 fully saturated rings. The van der Waals surface area contributed by atoms with Gasteiger partial charge in [-0.3, -0.25) is 4.79 Å². The van der Waals surface area contributed by atoms with E-state index in [4.69, 9.17) is 16.7 Å². The van der Waals surface area contributed by atoms with Crippen LogP contribution in [-0.4, -0.2) is 40.6 Å². The number of pyridine rings is 1. The molecule has 2 rings (SSSR count). The third kappa shape index (κ3) is 2.82. The van der Waals surface area contributed by atoms with Gasteiger partial charge in [0.25, 0.3) is 5.91 Å². The van der Waals surface area contributed by atoms with Gasteiger partial charge in [0.05, 0.1) is 0 Å². The minimum Gasteiger partial charge on any atom is -0.396 e. The van der Waals surface area contributed by atoms with Crippen molar-refractivity contribution in [3.8, 4) is 0 Å². The first-order valence-electron chi connectivity index (χ1n) is 6.20. The second-order valence-corrected chi connectivity index (χ2v) is 5.07. The molecule has 0 radical (unpaired) electrons. The topological polar surface area (TPSA) is 53.4 Å². The maximum Gasteiger partial charge on any atom is 0.254 e. The number of carbonyl (C=O) groups excluding carboxylic acids is 1. The van der Waals surface area contributed by atoms with Crippen molar-refractivity contribution >= 4 is 17.5 Å². The highest BCUT2D eigenvalue weighted by atomic mass is 35.5. The van der Waals surface area contributed by atoms with Crippen LogP contribution in [0.15, 0.2) is 12.1 Å². The van der Waals surface area contributed by atoms with E-state index in [1.165, 1.54) is 0 Å². The molecule has 0 aliphatic carbocycles. The molecule has 1 aliphatic heterocycles. The molecule has 5 heteroatoms. The Balaban J connectivity index is 2.10. The molecule has 1 N–H and O–H groups in total. The van der Waals surface area contributed by atoms with Gasteiger partial charge in [-0.05, 0) is 18.6 Å². The zero-order chi connectivity index (χ0) is 13.1. The number of hydrogen-bond donors (Lipinski definition) is 1. The van der Waals surface area contributed by atoms with E-state index in [-0.39, 0.29) is 18.4 Å². The molecule has 1 aromatic heterocycles. The van der Waals surface area contributed by atoms with E-state index < -0.39 is 0 Å². The third-order valence-corrected chi connectivity index (χ3v) is 3.30. The summed E-state index contributed by atoms with van der Waals surface area (Å²) in [5, 5.41) is 9.31. The van der Waals surface area contributed by atoms with Gasteiger partial charge in [-0.2, -0.15) is 0 Å². The molecule has 0 unspecified atom stereocenters.